The van der Waals surface area contributed by atoms with E-state index in [1.807, 2.05) is 6.07 Å². The van der Waals surface area contributed by atoms with Crippen molar-refractivity contribution in [3.8, 4) is 0 Å². The molecule has 0 unspecified atom stereocenters. The quantitative estimate of drug-likeness (QED) is 0.476. The highest BCUT2D eigenvalue weighted by Gasteiger charge is 2.11. The molecule has 5 heteroatoms. The van der Waals surface area contributed by atoms with E-state index in [9.17, 15) is 9.59 Å². The van der Waals surface area contributed by atoms with Crippen molar-refractivity contribution >= 4 is 33.0 Å². The van der Waals surface area contributed by atoms with Gasteiger partial charge in [-0.15, -0.1) is 0 Å². The number of aromatic nitrogens is 3. The fourth-order valence-corrected chi connectivity index (χ4v) is 2.49. The third-order valence-corrected chi connectivity index (χ3v) is 3.43. The van der Waals surface area contributed by atoms with Crippen LogP contribution < -0.4 is 10.9 Å². The Hall–Kier alpha value is -2.95. The van der Waals surface area contributed by atoms with Gasteiger partial charge in [0.15, 0.2) is 0 Å². The first kappa shape index (κ1) is 10.9. The predicted octanol–water partition coefficient (Wildman–Crippen LogP) is 1.92. The Morgan fingerprint density at radius 2 is 1.60 bits per heavy atom. The second-order valence-corrected chi connectivity index (χ2v) is 4.60. The summed E-state index contributed by atoms with van der Waals surface area (Å²) in [5, 5.41) is 1.07. The van der Waals surface area contributed by atoms with Gasteiger partial charge in [-0.1, -0.05) is 12.1 Å². The van der Waals surface area contributed by atoms with Gasteiger partial charge in [0.25, 0.3) is 0 Å². The molecule has 0 radical (unpaired) electrons. The second-order valence-electron chi connectivity index (χ2n) is 4.60. The van der Waals surface area contributed by atoms with Gasteiger partial charge in [0.1, 0.15) is 16.7 Å². The van der Waals surface area contributed by atoms with Crippen LogP contribution in [0.2, 0.25) is 0 Å². The SMILES string of the molecule is O=c1c2ccccc2[nH]c2[nH]c3ncccc3c(=O)c12. The number of pyridine rings is 3. The van der Waals surface area contributed by atoms with Crippen molar-refractivity contribution in [2.75, 3.05) is 0 Å². The van der Waals surface area contributed by atoms with Crippen LogP contribution in [0.4, 0.5) is 0 Å². The van der Waals surface area contributed by atoms with E-state index in [0.717, 1.165) is 0 Å². The van der Waals surface area contributed by atoms with Crippen molar-refractivity contribution in [3.05, 3.63) is 63.0 Å². The minimum absolute atomic E-state index is 0.143. The number of aromatic amines is 2. The van der Waals surface area contributed by atoms with Gasteiger partial charge in [-0.2, -0.15) is 0 Å². The predicted molar refractivity (Wildman–Crippen MR) is 78.0 cm³/mol. The Bertz CT molecular complexity index is 1010. The Morgan fingerprint density at radius 1 is 0.850 bits per heavy atom. The van der Waals surface area contributed by atoms with Crippen LogP contribution in [-0.2, 0) is 0 Å². The van der Waals surface area contributed by atoms with Crippen LogP contribution >= 0.6 is 0 Å². The standard InChI is InChI=1S/C15H9N3O2/c19-12-8-4-1-2-6-10(8)17-15-11(12)13(20)9-5-3-7-16-14(9)18-15/h1-7H,(H2,16,17,18,19,20). The van der Waals surface area contributed by atoms with E-state index < -0.39 is 0 Å². The molecule has 5 nitrogen and oxygen atoms in total. The largest absolute Gasteiger partial charge is 0.340 e. The molecule has 20 heavy (non-hydrogen) atoms. The molecule has 0 saturated heterocycles. The van der Waals surface area contributed by atoms with Gasteiger partial charge in [-0.3, -0.25) is 9.59 Å². The van der Waals surface area contributed by atoms with Crippen molar-refractivity contribution in [2.45, 2.75) is 0 Å². The van der Waals surface area contributed by atoms with E-state index in [2.05, 4.69) is 15.0 Å². The molecule has 0 spiro atoms. The maximum absolute atomic E-state index is 12.5. The number of benzene rings is 1. The third-order valence-electron chi connectivity index (χ3n) is 3.43. The van der Waals surface area contributed by atoms with Gasteiger partial charge in [-0.25, -0.2) is 4.98 Å². The molecule has 0 amide bonds. The van der Waals surface area contributed by atoms with Crippen molar-refractivity contribution in [1.82, 2.24) is 15.0 Å². The van der Waals surface area contributed by atoms with Crippen LogP contribution in [0.25, 0.3) is 33.0 Å². The van der Waals surface area contributed by atoms with E-state index in [1.54, 1.807) is 36.5 Å². The van der Waals surface area contributed by atoms with Gasteiger partial charge in [0.05, 0.1) is 10.9 Å². The minimum atomic E-state index is -0.297. The molecule has 0 aliphatic rings. The normalized spacial score (nSPS) is 11.4. The lowest BCUT2D eigenvalue weighted by Gasteiger charge is -2.04. The average Bonchev–Trinajstić information content (AvgIpc) is 2.47. The molecule has 3 aromatic heterocycles. The Balaban J connectivity index is 2.38. The summed E-state index contributed by atoms with van der Waals surface area (Å²) in [5.74, 6) is 0. The Labute approximate surface area is 111 Å². The summed E-state index contributed by atoms with van der Waals surface area (Å²) in [4.78, 5) is 35.2. The van der Waals surface area contributed by atoms with E-state index >= 15 is 0 Å². The molecule has 96 valence electrons. The minimum Gasteiger partial charge on any atom is -0.340 e. The fraction of sp³-hybridized carbons (Fsp3) is 0. The highest BCUT2D eigenvalue weighted by molar-refractivity contribution is 5.95. The molecule has 0 atom stereocenters. The molecule has 3 heterocycles. The van der Waals surface area contributed by atoms with Crippen molar-refractivity contribution in [2.24, 2.45) is 0 Å². The van der Waals surface area contributed by atoms with Crippen molar-refractivity contribution in [3.63, 3.8) is 0 Å². The molecule has 0 aliphatic heterocycles. The average molecular weight is 263 g/mol. The van der Waals surface area contributed by atoms with Gasteiger partial charge < -0.3 is 9.97 Å². The van der Waals surface area contributed by atoms with Gasteiger partial charge in [0.2, 0.25) is 10.9 Å². The van der Waals surface area contributed by atoms with Gasteiger partial charge >= 0.3 is 0 Å². The molecule has 0 saturated carbocycles. The number of H-pyrrole nitrogens is 2. The zero-order valence-corrected chi connectivity index (χ0v) is 10.3. The lowest BCUT2D eigenvalue weighted by molar-refractivity contribution is 1.28. The third kappa shape index (κ3) is 1.34. The number of hydrogen-bond donors (Lipinski definition) is 2. The number of rotatable bonds is 0. The Kier molecular flexibility index (Phi) is 2.06. The van der Waals surface area contributed by atoms with Crippen LogP contribution in [0.15, 0.2) is 52.2 Å². The molecule has 2 N–H and O–H groups in total. The number of para-hydroxylation sites is 1. The Morgan fingerprint density at radius 3 is 2.50 bits per heavy atom. The lowest BCUT2D eigenvalue weighted by atomic mass is 10.1. The van der Waals surface area contributed by atoms with Crippen molar-refractivity contribution < 1.29 is 0 Å². The zero-order chi connectivity index (χ0) is 13.7. The summed E-state index contributed by atoms with van der Waals surface area (Å²) in [6, 6.07) is 10.5. The first-order chi connectivity index (χ1) is 9.75. The van der Waals surface area contributed by atoms with Crippen LogP contribution in [-0.4, -0.2) is 15.0 Å². The van der Waals surface area contributed by atoms with Crippen LogP contribution in [0.5, 0.6) is 0 Å². The van der Waals surface area contributed by atoms with Crippen LogP contribution in [0, 0.1) is 0 Å². The first-order valence-electron chi connectivity index (χ1n) is 6.17. The molecule has 4 aromatic rings. The van der Waals surface area contributed by atoms with E-state index in [4.69, 9.17) is 0 Å². The zero-order valence-electron chi connectivity index (χ0n) is 10.3. The van der Waals surface area contributed by atoms with Gasteiger partial charge in [0, 0.05) is 11.6 Å². The molecular formula is C15H9N3O2. The number of nitrogens with one attached hydrogen (secondary N) is 2. The summed E-state index contributed by atoms with van der Waals surface area (Å²) in [6.07, 6.45) is 1.60. The fourth-order valence-electron chi connectivity index (χ4n) is 2.49. The monoisotopic (exact) mass is 263 g/mol. The van der Waals surface area contributed by atoms with Crippen LogP contribution in [0.3, 0.4) is 0 Å². The molecule has 0 bridgehead atoms. The summed E-state index contributed by atoms with van der Waals surface area (Å²) in [7, 11) is 0. The smallest absolute Gasteiger partial charge is 0.204 e. The molecule has 0 aliphatic carbocycles. The van der Waals surface area contributed by atoms with E-state index in [0.29, 0.717) is 27.6 Å². The molecule has 4 rings (SSSR count). The number of nitrogens with zero attached hydrogens (tertiary/aromatic N) is 1. The topological polar surface area (TPSA) is 78.6 Å². The molecule has 0 fully saturated rings. The highest BCUT2D eigenvalue weighted by Crippen LogP contribution is 2.13. The van der Waals surface area contributed by atoms with E-state index in [1.165, 1.54) is 0 Å². The summed E-state index contributed by atoms with van der Waals surface area (Å²) >= 11 is 0. The van der Waals surface area contributed by atoms with Crippen LogP contribution in [0.1, 0.15) is 0 Å². The van der Waals surface area contributed by atoms with Gasteiger partial charge in [-0.05, 0) is 24.3 Å². The summed E-state index contributed by atoms with van der Waals surface area (Å²) < 4.78 is 0. The lowest BCUT2D eigenvalue weighted by Crippen LogP contribution is -2.16. The first-order valence-corrected chi connectivity index (χ1v) is 6.17. The maximum Gasteiger partial charge on any atom is 0.204 e. The number of hydrogen-bond acceptors (Lipinski definition) is 3. The summed E-state index contributed by atoms with van der Waals surface area (Å²) in [5.41, 5.74) is 1.01. The second kappa shape index (κ2) is 3.77. The molecule has 1 aromatic carbocycles. The van der Waals surface area contributed by atoms with Crippen molar-refractivity contribution in [1.29, 1.82) is 0 Å². The maximum atomic E-state index is 12.5. The molecular weight excluding hydrogens is 254 g/mol. The summed E-state index contributed by atoms with van der Waals surface area (Å²) in [6.45, 7) is 0. The number of fused-ring (bicyclic) bond motifs is 3. The highest BCUT2D eigenvalue weighted by atomic mass is 16.1. The van der Waals surface area contributed by atoms with E-state index in [-0.39, 0.29) is 16.2 Å².